The number of nitrogens with zero attached hydrogens (tertiary/aromatic N) is 1. The largest absolute Gasteiger partial charge is 0.391 e. The van der Waals surface area contributed by atoms with Crippen molar-refractivity contribution >= 4 is 21.4 Å². The van der Waals surface area contributed by atoms with E-state index >= 15 is 0 Å². The van der Waals surface area contributed by atoms with Crippen LogP contribution in [0.4, 0.5) is 0 Å². The van der Waals surface area contributed by atoms with E-state index in [1.807, 2.05) is 6.92 Å². The molecule has 0 amide bonds. The molecule has 6 heteroatoms. The summed E-state index contributed by atoms with van der Waals surface area (Å²) < 4.78 is 26.8. The lowest BCUT2D eigenvalue weighted by Crippen LogP contribution is -2.28. The first kappa shape index (κ1) is 14.0. The summed E-state index contributed by atoms with van der Waals surface area (Å²) in [6.07, 6.45) is 1.98. The molecule has 0 saturated carbocycles. The van der Waals surface area contributed by atoms with E-state index in [-0.39, 0.29) is 6.61 Å². The molecule has 1 saturated heterocycles. The van der Waals surface area contributed by atoms with Crippen molar-refractivity contribution in [3.05, 3.63) is 16.5 Å². The Bertz CT molecular complexity index is 521. The third-order valence-corrected chi connectivity index (χ3v) is 7.10. The minimum Gasteiger partial charge on any atom is -0.391 e. The summed E-state index contributed by atoms with van der Waals surface area (Å²) in [6, 6.07) is 1.67. The van der Waals surface area contributed by atoms with E-state index in [0.29, 0.717) is 23.2 Å². The van der Waals surface area contributed by atoms with Crippen LogP contribution < -0.4 is 0 Å². The maximum atomic E-state index is 12.4. The summed E-state index contributed by atoms with van der Waals surface area (Å²) in [4.78, 5) is 0.736. The van der Waals surface area contributed by atoms with Gasteiger partial charge in [0, 0.05) is 18.0 Å². The molecule has 1 aromatic rings. The fraction of sp³-hybridized carbons (Fsp3) is 0.667. The molecule has 0 aromatic carbocycles. The number of thiophene rings is 1. The van der Waals surface area contributed by atoms with Crippen LogP contribution in [-0.2, 0) is 16.6 Å². The second-order valence-corrected chi connectivity index (χ2v) is 8.06. The summed E-state index contributed by atoms with van der Waals surface area (Å²) in [7, 11) is -3.35. The molecule has 0 radical (unpaired) electrons. The van der Waals surface area contributed by atoms with Gasteiger partial charge in [0.2, 0.25) is 0 Å². The van der Waals surface area contributed by atoms with Gasteiger partial charge in [-0.05, 0) is 30.9 Å². The zero-order valence-electron chi connectivity index (χ0n) is 10.7. The van der Waals surface area contributed by atoms with Gasteiger partial charge in [0.15, 0.2) is 0 Å². The Hall–Kier alpha value is -0.430. The number of aliphatic hydroxyl groups is 1. The Morgan fingerprint density at radius 2 is 2.28 bits per heavy atom. The average molecular weight is 289 g/mol. The molecular weight excluding hydrogens is 270 g/mol. The van der Waals surface area contributed by atoms with Gasteiger partial charge in [0.1, 0.15) is 4.21 Å². The second-order valence-electron chi connectivity index (χ2n) is 4.76. The van der Waals surface area contributed by atoms with Gasteiger partial charge in [-0.25, -0.2) is 8.42 Å². The van der Waals surface area contributed by atoms with Crippen molar-refractivity contribution in [1.82, 2.24) is 4.31 Å². The third-order valence-electron chi connectivity index (χ3n) is 3.56. The lowest BCUT2D eigenvalue weighted by Gasteiger charge is -2.14. The van der Waals surface area contributed by atoms with E-state index in [1.54, 1.807) is 10.4 Å². The monoisotopic (exact) mass is 289 g/mol. The normalized spacial score (nSPS) is 21.6. The molecule has 1 fully saturated rings. The first-order valence-electron chi connectivity index (χ1n) is 6.19. The van der Waals surface area contributed by atoms with E-state index in [0.717, 1.165) is 23.3 Å². The third kappa shape index (κ3) is 2.47. The molecule has 0 bridgehead atoms. The predicted molar refractivity (Wildman–Crippen MR) is 72.1 cm³/mol. The van der Waals surface area contributed by atoms with Crippen molar-refractivity contribution in [1.29, 1.82) is 0 Å². The van der Waals surface area contributed by atoms with Gasteiger partial charge >= 0.3 is 0 Å². The molecule has 1 aliphatic rings. The van der Waals surface area contributed by atoms with Gasteiger partial charge in [-0.1, -0.05) is 13.3 Å². The Kier molecular flexibility index (Phi) is 4.11. The number of rotatable bonds is 4. The van der Waals surface area contributed by atoms with Gasteiger partial charge in [-0.2, -0.15) is 4.31 Å². The second kappa shape index (κ2) is 5.28. The Labute approximate surface area is 112 Å². The van der Waals surface area contributed by atoms with Gasteiger partial charge < -0.3 is 5.11 Å². The van der Waals surface area contributed by atoms with Crippen LogP contribution in [0.5, 0.6) is 0 Å². The van der Waals surface area contributed by atoms with Gasteiger partial charge in [0.05, 0.1) is 6.61 Å². The minimum atomic E-state index is -3.35. The number of hydrogen-bond donors (Lipinski definition) is 1. The SMILES string of the molecule is CCC1CCN(S(=O)(=O)c2cc(C)c(CO)s2)C1. The lowest BCUT2D eigenvalue weighted by molar-refractivity contribution is 0.285. The van der Waals surface area contributed by atoms with Crippen LogP contribution in [0, 0.1) is 12.8 Å². The van der Waals surface area contributed by atoms with Crippen LogP contribution >= 0.6 is 11.3 Å². The highest BCUT2D eigenvalue weighted by Crippen LogP contribution is 2.31. The predicted octanol–water partition coefficient (Wildman–Crippen LogP) is 1.97. The van der Waals surface area contributed by atoms with Crippen molar-refractivity contribution < 1.29 is 13.5 Å². The molecule has 2 rings (SSSR count). The highest BCUT2D eigenvalue weighted by atomic mass is 32.2. The number of aliphatic hydroxyl groups excluding tert-OH is 1. The molecule has 1 aromatic heterocycles. The quantitative estimate of drug-likeness (QED) is 0.922. The molecule has 4 nitrogen and oxygen atoms in total. The van der Waals surface area contributed by atoms with Gasteiger partial charge in [-0.3, -0.25) is 0 Å². The van der Waals surface area contributed by atoms with Crippen LogP contribution in [0.25, 0.3) is 0 Å². The average Bonchev–Trinajstić information content (AvgIpc) is 2.95. The van der Waals surface area contributed by atoms with Crippen LogP contribution in [0.3, 0.4) is 0 Å². The van der Waals surface area contributed by atoms with Crippen LogP contribution in [0.2, 0.25) is 0 Å². The van der Waals surface area contributed by atoms with Crippen molar-refractivity contribution in [2.75, 3.05) is 13.1 Å². The smallest absolute Gasteiger partial charge is 0.252 e. The van der Waals surface area contributed by atoms with Crippen molar-refractivity contribution in [2.45, 2.75) is 37.5 Å². The summed E-state index contributed by atoms with van der Waals surface area (Å²) in [5.41, 5.74) is 0.854. The molecule has 2 heterocycles. The summed E-state index contributed by atoms with van der Waals surface area (Å²) in [5, 5.41) is 9.14. The number of aryl methyl sites for hydroxylation is 1. The van der Waals surface area contributed by atoms with E-state index in [4.69, 9.17) is 5.11 Å². The Morgan fingerprint density at radius 3 is 2.78 bits per heavy atom. The van der Waals surface area contributed by atoms with E-state index < -0.39 is 10.0 Å². The Balaban J connectivity index is 2.25. The summed E-state index contributed by atoms with van der Waals surface area (Å²) in [5.74, 6) is 0.484. The summed E-state index contributed by atoms with van der Waals surface area (Å²) >= 11 is 1.18. The molecule has 102 valence electrons. The van der Waals surface area contributed by atoms with Crippen molar-refractivity contribution in [3.63, 3.8) is 0 Å². The maximum absolute atomic E-state index is 12.4. The fourth-order valence-corrected chi connectivity index (χ4v) is 5.38. The van der Waals surface area contributed by atoms with Crippen LogP contribution in [-0.4, -0.2) is 30.9 Å². The molecule has 0 aliphatic carbocycles. The van der Waals surface area contributed by atoms with E-state index in [9.17, 15) is 8.42 Å². The molecular formula is C12H19NO3S2. The molecule has 1 aliphatic heterocycles. The topological polar surface area (TPSA) is 57.6 Å². The van der Waals surface area contributed by atoms with Crippen LogP contribution in [0.1, 0.15) is 30.2 Å². The molecule has 18 heavy (non-hydrogen) atoms. The first-order chi connectivity index (χ1) is 8.48. The highest BCUT2D eigenvalue weighted by Gasteiger charge is 2.33. The van der Waals surface area contributed by atoms with E-state index in [1.165, 1.54) is 11.3 Å². The van der Waals surface area contributed by atoms with Gasteiger partial charge in [0.25, 0.3) is 10.0 Å². The number of sulfonamides is 1. The molecule has 1 N–H and O–H groups in total. The molecule has 1 atom stereocenters. The Morgan fingerprint density at radius 1 is 1.56 bits per heavy atom. The van der Waals surface area contributed by atoms with E-state index in [2.05, 4.69) is 6.92 Å². The zero-order valence-corrected chi connectivity index (χ0v) is 12.4. The highest BCUT2D eigenvalue weighted by molar-refractivity contribution is 7.91. The standard InChI is InChI=1S/C12H19NO3S2/c1-3-10-4-5-13(7-10)18(15,16)12-6-9(2)11(8-14)17-12/h6,10,14H,3-5,7-8H2,1-2H3. The number of hydrogen-bond acceptors (Lipinski definition) is 4. The lowest BCUT2D eigenvalue weighted by atomic mass is 10.1. The van der Waals surface area contributed by atoms with Crippen LogP contribution in [0.15, 0.2) is 10.3 Å². The molecule has 0 spiro atoms. The minimum absolute atomic E-state index is 0.0936. The molecule has 1 unspecified atom stereocenters. The van der Waals surface area contributed by atoms with Crippen molar-refractivity contribution in [3.8, 4) is 0 Å². The zero-order chi connectivity index (χ0) is 13.3. The van der Waals surface area contributed by atoms with Crippen molar-refractivity contribution in [2.24, 2.45) is 5.92 Å². The fourth-order valence-electron chi connectivity index (χ4n) is 2.25. The maximum Gasteiger partial charge on any atom is 0.252 e. The summed E-state index contributed by atoms with van der Waals surface area (Å²) in [6.45, 7) is 5.08. The van der Waals surface area contributed by atoms with Gasteiger partial charge in [-0.15, -0.1) is 11.3 Å². The first-order valence-corrected chi connectivity index (χ1v) is 8.45.